The summed E-state index contributed by atoms with van der Waals surface area (Å²) in [5.41, 5.74) is 2.09. The molecule has 6 heteroatoms. The third-order valence-electron chi connectivity index (χ3n) is 4.67. The normalized spacial score (nSPS) is 16.8. The molecule has 1 fully saturated rings. The number of carbonyl (C=O) groups is 1. The van der Waals surface area contributed by atoms with E-state index in [1.807, 2.05) is 24.3 Å². The van der Waals surface area contributed by atoms with Crippen LogP contribution in [0.3, 0.4) is 0 Å². The maximum absolute atomic E-state index is 12.2. The molecule has 1 amide bonds. The number of nitrogens with one attached hydrogen (secondary N) is 1. The lowest BCUT2D eigenvalue weighted by atomic mass is 9.96. The molecule has 0 aliphatic carbocycles. The third-order valence-corrected chi connectivity index (χ3v) is 4.67. The number of aromatic nitrogens is 2. The van der Waals surface area contributed by atoms with Gasteiger partial charge in [0.1, 0.15) is 0 Å². The topological polar surface area (TPSA) is 70.4 Å². The van der Waals surface area contributed by atoms with Crippen molar-refractivity contribution >= 4 is 22.9 Å². The summed E-state index contributed by atoms with van der Waals surface area (Å²) in [7, 11) is 0. The molecule has 1 aromatic carbocycles. The highest BCUT2D eigenvalue weighted by atomic mass is 16.3. The maximum atomic E-state index is 12.2. The van der Waals surface area contributed by atoms with E-state index in [4.69, 9.17) is 4.98 Å². The van der Waals surface area contributed by atoms with Crippen LogP contribution in [0.4, 0.5) is 5.95 Å². The van der Waals surface area contributed by atoms with Crippen molar-refractivity contribution in [1.82, 2.24) is 14.9 Å². The second-order valence-corrected chi connectivity index (χ2v) is 6.66. The molecule has 3 rings (SSSR count). The zero-order chi connectivity index (χ0) is 17.8. The van der Waals surface area contributed by atoms with Gasteiger partial charge in [0.15, 0.2) is 0 Å². The second-order valence-electron chi connectivity index (χ2n) is 6.66. The van der Waals surface area contributed by atoms with Crippen LogP contribution in [0.5, 0.6) is 0 Å². The highest BCUT2D eigenvalue weighted by Crippen LogP contribution is 2.27. The molecule has 1 atom stereocenters. The summed E-state index contributed by atoms with van der Waals surface area (Å²) < 4.78 is 2.18. The van der Waals surface area contributed by atoms with Crippen LogP contribution in [-0.2, 0) is 11.3 Å². The van der Waals surface area contributed by atoms with Gasteiger partial charge in [-0.3, -0.25) is 4.79 Å². The number of allylic oxidation sites excluding steroid dienone is 1. The van der Waals surface area contributed by atoms with Crippen molar-refractivity contribution in [1.29, 1.82) is 0 Å². The molecule has 0 bridgehead atoms. The van der Waals surface area contributed by atoms with Gasteiger partial charge in [-0.2, -0.15) is 0 Å². The Kier molecular flexibility index (Phi) is 5.38. The largest absolute Gasteiger partial charge is 0.392 e. The number of aliphatic hydroxyl groups excluding tert-OH is 1. The highest BCUT2D eigenvalue weighted by molar-refractivity contribution is 5.80. The summed E-state index contributed by atoms with van der Waals surface area (Å²) in [6.07, 6.45) is 2.96. The van der Waals surface area contributed by atoms with E-state index in [2.05, 4.69) is 27.4 Å². The number of imidazole rings is 1. The lowest BCUT2D eigenvalue weighted by molar-refractivity contribution is -0.126. The Hall–Kier alpha value is -2.34. The van der Waals surface area contributed by atoms with Gasteiger partial charge in [0.2, 0.25) is 11.9 Å². The van der Waals surface area contributed by atoms with Crippen molar-refractivity contribution in [2.24, 2.45) is 5.92 Å². The van der Waals surface area contributed by atoms with Gasteiger partial charge in [-0.05, 0) is 31.9 Å². The van der Waals surface area contributed by atoms with Crippen LogP contribution in [0.15, 0.2) is 36.9 Å². The summed E-state index contributed by atoms with van der Waals surface area (Å²) in [5.74, 6) is 0.997. The Bertz CT molecular complexity index is 745. The number of para-hydroxylation sites is 2. The number of nitrogens with zero attached hydrogens (tertiary/aromatic N) is 3. The van der Waals surface area contributed by atoms with Gasteiger partial charge >= 0.3 is 0 Å². The number of piperidine rings is 1. The van der Waals surface area contributed by atoms with Gasteiger partial charge in [0.25, 0.3) is 0 Å². The number of amides is 1. The molecular weight excluding hydrogens is 316 g/mol. The first kappa shape index (κ1) is 17.5. The summed E-state index contributed by atoms with van der Waals surface area (Å²) in [4.78, 5) is 19.2. The van der Waals surface area contributed by atoms with Crippen LogP contribution in [-0.4, -0.2) is 46.3 Å². The van der Waals surface area contributed by atoms with E-state index >= 15 is 0 Å². The number of anilines is 1. The van der Waals surface area contributed by atoms with E-state index in [1.54, 1.807) is 6.92 Å². The summed E-state index contributed by atoms with van der Waals surface area (Å²) in [6, 6.07) is 8.11. The van der Waals surface area contributed by atoms with Gasteiger partial charge in [-0.25, -0.2) is 4.98 Å². The summed E-state index contributed by atoms with van der Waals surface area (Å²) >= 11 is 0. The van der Waals surface area contributed by atoms with Crippen molar-refractivity contribution in [3.63, 3.8) is 0 Å². The predicted octanol–water partition coefficient (Wildman–Crippen LogP) is 1.94. The standard InChI is InChI=1S/C19H26N4O2/c1-3-10-23-17-7-5-4-6-16(17)21-19(23)22-11-8-15(9-12-22)18(25)20-13-14(2)24/h3-7,14-15,24H,1,8-13H2,2H3,(H,20,25)/t14-/m0/s1. The van der Waals surface area contributed by atoms with Gasteiger partial charge in [-0.15, -0.1) is 6.58 Å². The molecule has 0 spiro atoms. The molecule has 1 aliphatic heterocycles. The molecule has 0 radical (unpaired) electrons. The monoisotopic (exact) mass is 342 g/mol. The fraction of sp³-hybridized carbons (Fsp3) is 0.474. The van der Waals surface area contributed by atoms with Crippen molar-refractivity contribution in [3.05, 3.63) is 36.9 Å². The number of carbonyl (C=O) groups excluding carboxylic acids is 1. The lowest BCUT2D eigenvalue weighted by Crippen LogP contribution is -2.42. The molecule has 1 aliphatic rings. The van der Waals surface area contributed by atoms with E-state index in [1.165, 1.54) is 0 Å². The van der Waals surface area contributed by atoms with E-state index in [-0.39, 0.29) is 11.8 Å². The van der Waals surface area contributed by atoms with Gasteiger partial charge < -0.3 is 19.9 Å². The van der Waals surface area contributed by atoms with Crippen LogP contribution in [0.1, 0.15) is 19.8 Å². The maximum Gasteiger partial charge on any atom is 0.223 e. The first-order chi connectivity index (χ1) is 12.1. The number of benzene rings is 1. The lowest BCUT2D eigenvalue weighted by Gasteiger charge is -2.32. The van der Waals surface area contributed by atoms with E-state index < -0.39 is 6.10 Å². The van der Waals surface area contributed by atoms with Gasteiger partial charge in [0.05, 0.1) is 17.1 Å². The Morgan fingerprint density at radius 3 is 2.84 bits per heavy atom. The Balaban J connectivity index is 1.70. The summed E-state index contributed by atoms with van der Waals surface area (Å²) in [6.45, 7) is 8.16. The molecule has 2 N–H and O–H groups in total. The number of hydrogen-bond donors (Lipinski definition) is 2. The SMILES string of the molecule is C=CCn1c(N2CCC(C(=O)NC[C@H](C)O)CC2)nc2ccccc21. The Morgan fingerprint density at radius 2 is 2.16 bits per heavy atom. The quantitative estimate of drug-likeness (QED) is 0.787. The third kappa shape index (κ3) is 3.85. The molecule has 6 nitrogen and oxygen atoms in total. The molecule has 1 aromatic heterocycles. The Labute approximate surface area is 148 Å². The zero-order valence-electron chi connectivity index (χ0n) is 14.7. The van der Waals surface area contributed by atoms with Crippen molar-refractivity contribution in [2.45, 2.75) is 32.4 Å². The minimum absolute atomic E-state index is 0.00670. The molecule has 0 saturated carbocycles. The van der Waals surface area contributed by atoms with E-state index in [9.17, 15) is 9.90 Å². The van der Waals surface area contributed by atoms with Crippen molar-refractivity contribution in [3.8, 4) is 0 Å². The first-order valence-electron chi connectivity index (χ1n) is 8.87. The van der Waals surface area contributed by atoms with Crippen LogP contribution >= 0.6 is 0 Å². The minimum Gasteiger partial charge on any atom is -0.392 e. The fourth-order valence-electron chi connectivity index (χ4n) is 3.35. The number of aliphatic hydroxyl groups is 1. The van der Waals surface area contributed by atoms with E-state index in [0.29, 0.717) is 13.1 Å². The van der Waals surface area contributed by atoms with Crippen LogP contribution in [0.25, 0.3) is 11.0 Å². The van der Waals surface area contributed by atoms with E-state index in [0.717, 1.165) is 42.9 Å². The smallest absolute Gasteiger partial charge is 0.223 e. The fourth-order valence-corrected chi connectivity index (χ4v) is 3.35. The average Bonchev–Trinajstić information content (AvgIpc) is 2.99. The average molecular weight is 342 g/mol. The number of fused-ring (bicyclic) bond motifs is 1. The van der Waals surface area contributed by atoms with Crippen molar-refractivity contribution in [2.75, 3.05) is 24.5 Å². The molecule has 2 heterocycles. The Morgan fingerprint density at radius 1 is 1.44 bits per heavy atom. The van der Waals surface area contributed by atoms with Crippen LogP contribution in [0, 0.1) is 5.92 Å². The van der Waals surface area contributed by atoms with Crippen LogP contribution in [0.2, 0.25) is 0 Å². The zero-order valence-corrected chi connectivity index (χ0v) is 14.7. The molecular formula is C19H26N4O2. The molecule has 1 saturated heterocycles. The van der Waals surface area contributed by atoms with Crippen molar-refractivity contribution < 1.29 is 9.90 Å². The molecule has 25 heavy (non-hydrogen) atoms. The second kappa shape index (κ2) is 7.70. The predicted molar refractivity (Wildman–Crippen MR) is 99.6 cm³/mol. The first-order valence-corrected chi connectivity index (χ1v) is 8.87. The highest BCUT2D eigenvalue weighted by Gasteiger charge is 2.27. The number of rotatable bonds is 6. The summed E-state index contributed by atoms with van der Waals surface area (Å²) in [5, 5.41) is 12.1. The molecule has 134 valence electrons. The minimum atomic E-state index is -0.511. The molecule has 0 unspecified atom stereocenters. The van der Waals surface area contributed by atoms with Gasteiger partial charge in [-0.1, -0.05) is 18.2 Å². The van der Waals surface area contributed by atoms with Crippen LogP contribution < -0.4 is 10.2 Å². The van der Waals surface area contributed by atoms with Gasteiger partial charge in [0, 0.05) is 32.1 Å². The number of hydrogen-bond acceptors (Lipinski definition) is 4. The molecule has 2 aromatic rings.